The van der Waals surface area contributed by atoms with Crippen molar-refractivity contribution < 1.29 is 4.74 Å². The van der Waals surface area contributed by atoms with Gasteiger partial charge in [0.15, 0.2) is 0 Å². The van der Waals surface area contributed by atoms with Crippen molar-refractivity contribution in [1.29, 1.82) is 0 Å². The fourth-order valence-corrected chi connectivity index (χ4v) is 1.35. The van der Waals surface area contributed by atoms with Crippen LogP contribution in [0.4, 0.5) is 0 Å². The average Bonchev–Trinajstić information content (AvgIpc) is 2.67. The molecule has 0 bridgehead atoms. The van der Waals surface area contributed by atoms with Gasteiger partial charge in [-0.2, -0.15) is 0 Å². The van der Waals surface area contributed by atoms with E-state index in [0.29, 0.717) is 0 Å². The maximum absolute atomic E-state index is 5.42. The standard InChI is InChI=1S/C11H11NO/c1-2-12-8-9-13-11(12)10-6-4-3-5-7-10/h2-9,11H,1H2. The second kappa shape index (κ2) is 3.35. The van der Waals surface area contributed by atoms with E-state index in [0.717, 1.165) is 5.56 Å². The molecule has 1 aromatic carbocycles. The minimum Gasteiger partial charge on any atom is -0.472 e. The molecule has 0 amide bonds. The van der Waals surface area contributed by atoms with Gasteiger partial charge in [-0.3, -0.25) is 0 Å². The van der Waals surface area contributed by atoms with Crippen LogP contribution in [0.1, 0.15) is 11.8 Å². The first kappa shape index (κ1) is 7.92. The van der Waals surface area contributed by atoms with Crippen LogP contribution in [0.3, 0.4) is 0 Å². The molecule has 1 aromatic rings. The monoisotopic (exact) mass is 173 g/mol. The second-order valence-electron chi connectivity index (χ2n) is 2.81. The van der Waals surface area contributed by atoms with Crippen molar-refractivity contribution in [1.82, 2.24) is 4.90 Å². The van der Waals surface area contributed by atoms with Gasteiger partial charge in [0.25, 0.3) is 0 Å². The minimum atomic E-state index is -0.0429. The third-order valence-corrected chi connectivity index (χ3v) is 2.01. The Kier molecular flexibility index (Phi) is 2.04. The van der Waals surface area contributed by atoms with Gasteiger partial charge in [0.2, 0.25) is 6.23 Å². The topological polar surface area (TPSA) is 12.5 Å². The molecule has 0 aromatic heterocycles. The van der Waals surface area contributed by atoms with Gasteiger partial charge in [-0.25, -0.2) is 0 Å². The number of rotatable bonds is 2. The molecular weight excluding hydrogens is 162 g/mol. The lowest BCUT2D eigenvalue weighted by Crippen LogP contribution is -2.13. The highest BCUT2D eigenvalue weighted by atomic mass is 16.5. The quantitative estimate of drug-likeness (QED) is 0.681. The lowest BCUT2D eigenvalue weighted by molar-refractivity contribution is 0.0851. The van der Waals surface area contributed by atoms with Crippen LogP contribution in [0, 0.1) is 0 Å². The summed E-state index contributed by atoms with van der Waals surface area (Å²) >= 11 is 0. The van der Waals surface area contributed by atoms with E-state index < -0.39 is 0 Å². The molecule has 66 valence electrons. The summed E-state index contributed by atoms with van der Waals surface area (Å²) in [5, 5.41) is 0. The Morgan fingerprint density at radius 3 is 2.77 bits per heavy atom. The summed E-state index contributed by atoms with van der Waals surface area (Å²) in [5.41, 5.74) is 1.13. The minimum absolute atomic E-state index is 0.0429. The van der Waals surface area contributed by atoms with E-state index in [2.05, 4.69) is 6.58 Å². The highest BCUT2D eigenvalue weighted by Gasteiger charge is 2.19. The molecule has 0 spiro atoms. The van der Waals surface area contributed by atoms with E-state index in [4.69, 9.17) is 4.74 Å². The summed E-state index contributed by atoms with van der Waals surface area (Å²) in [4.78, 5) is 1.93. The van der Waals surface area contributed by atoms with E-state index >= 15 is 0 Å². The number of hydrogen-bond acceptors (Lipinski definition) is 2. The predicted octanol–water partition coefficient (Wildman–Crippen LogP) is 2.63. The molecule has 1 atom stereocenters. The third-order valence-electron chi connectivity index (χ3n) is 2.01. The van der Waals surface area contributed by atoms with Crippen molar-refractivity contribution in [2.24, 2.45) is 0 Å². The number of nitrogens with zero attached hydrogens (tertiary/aromatic N) is 1. The van der Waals surface area contributed by atoms with Crippen molar-refractivity contribution in [2.75, 3.05) is 0 Å². The Hall–Kier alpha value is -1.70. The molecule has 1 heterocycles. The van der Waals surface area contributed by atoms with E-state index in [-0.39, 0.29) is 6.23 Å². The normalized spacial score (nSPS) is 20.0. The molecule has 0 radical (unpaired) electrons. The maximum atomic E-state index is 5.42. The first-order chi connectivity index (χ1) is 6.42. The van der Waals surface area contributed by atoms with Crippen LogP contribution in [0.2, 0.25) is 0 Å². The van der Waals surface area contributed by atoms with Gasteiger partial charge in [-0.15, -0.1) is 0 Å². The molecule has 1 aliphatic heterocycles. The fraction of sp³-hybridized carbons (Fsp3) is 0.0909. The molecule has 0 fully saturated rings. The molecule has 1 aliphatic rings. The van der Waals surface area contributed by atoms with Crippen molar-refractivity contribution in [3.8, 4) is 0 Å². The van der Waals surface area contributed by atoms with Crippen LogP contribution in [-0.2, 0) is 4.74 Å². The zero-order valence-electron chi connectivity index (χ0n) is 7.26. The van der Waals surface area contributed by atoms with E-state index in [1.807, 2.05) is 41.4 Å². The van der Waals surface area contributed by atoms with Gasteiger partial charge >= 0.3 is 0 Å². The van der Waals surface area contributed by atoms with E-state index in [1.165, 1.54) is 0 Å². The summed E-state index contributed by atoms with van der Waals surface area (Å²) in [5.74, 6) is 0. The Morgan fingerprint density at radius 2 is 2.08 bits per heavy atom. The molecule has 2 nitrogen and oxygen atoms in total. The molecular formula is C11H11NO. The fourth-order valence-electron chi connectivity index (χ4n) is 1.35. The molecule has 0 saturated heterocycles. The SMILES string of the molecule is C=CN1C=COC1c1ccccc1. The summed E-state index contributed by atoms with van der Waals surface area (Å²) in [6.07, 6.45) is 5.25. The molecule has 13 heavy (non-hydrogen) atoms. The van der Waals surface area contributed by atoms with Gasteiger partial charge < -0.3 is 9.64 Å². The van der Waals surface area contributed by atoms with Crippen LogP contribution < -0.4 is 0 Å². The van der Waals surface area contributed by atoms with Gasteiger partial charge in [-0.1, -0.05) is 36.9 Å². The Labute approximate surface area is 77.7 Å². The Bertz CT molecular complexity index is 318. The van der Waals surface area contributed by atoms with Crippen LogP contribution in [0.15, 0.2) is 55.6 Å². The summed E-state index contributed by atoms with van der Waals surface area (Å²) in [7, 11) is 0. The maximum Gasteiger partial charge on any atom is 0.201 e. The second-order valence-corrected chi connectivity index (χ2v) is 2.81. The Morgan fingerprint density at radius 1 is 1.31 bits per heavy atom. The van der Waals surface area contributed by atoms with Crippen molar-refractivity contribution >= 4 is 0 Å². The van der Waals surface area contributed by atoms with Crippen LogP contribution in [0.25, 0.3) is 0 Å². The van der Waals surface area contributed by atoms with Crippen LogP contribution in [0.5, 0.6) is 0 Å². The lowest BCUT2D eigenvalue weighted by Gasteiger charge is -2.20. The highest BCUT2D eigenvalue weighted by Crippen LogP contribution is 2.26. The van der Waals surface area contributed by atoms with E-state index in [1.54, 1.807) is 12.5 Å². The molecule has 2 rings (SSSR count). The van der Waals surface area contributed by atoms with Crippen molar-refractivity contribution in [3.63, 3.8) is 0 Å². The zero-order chi connectivity index (χ0) is 9.10. The molecule has 0 N–H and O–H groups in total. The molecule has 2 heteroatoms. The summed E-state index contributed by atoms with van der Waals surface area (Å²) < 4.78 is 5.42. The summed E-state index contributed by atoms with van der Waals surface area (Å²) in [6, 6.07) is 10.1. The van der Waals surface area contributed by atoms with Crippen molar-refractivity contribution in [2.45, 2.75) is 6.23 Å². The van der Waals surface area contributed by atoms with Crippen molar-refractivity contribution in [3.05, 3.63) is 61.1 Å². The highest BCUT2D eigenvalue weighted by molar-refractivity contribution is 5.19. The first-order valence-corrected chi connectivity index (χ1v) is 4.19. The van der Waals surface area contributed by atoms with Crippen LogP contribution >= 0.6 is 0 Å². The smallest absolute Gasteiger partial charge is 0.201 e. The largest absolute Gasteiger partial charge is 0.472 e. The number of ether oxygens (including phenoxy) is 1. The summed E-state index contributed by atoms with van der Waals surface area (Å²) in [6.45, 7) is 3.71. The van der Waals surface area contributed by atoms with Gasteiger partial charge in [0.1, 0.15) is 6.26 Å². The Balaban J connectivity index is 2.23. The van der Waals surface area contributed by atoms with Gasteiger partial charge in [0.05, 0.1) is 0 Å². The van der Waals surface area contributed by atoms with E-state index in [9.17, 15) is 0 Å². The van der Waals surface area contributed by atoms with Crippen LogP contribution in [-0.4, -0.2) is 4.90 Å². The molecule has 1 unspecified atom stereocenters. The van der Waals surface area contributed by atoms with Gasteiger partial charge in [-0.05, 0) is 0 Å². The third kappa shape index (κ3) is 1.43. The zero-order valence-corrected chi connectivity index (χ0v) is 7.26. The first-order valence-electron chi connectivity index (χ1n) is 4.19. The number of benzene rings is 1. The molecule has 0 aliphatic carbocycles. The number of hydrogen-bond donors (Lipinski definition) is 0. The lowest BCUT2D eigenvalue weighted by atomic mass is 10.2. The predicted molar refractivity (Wildman–Crippen MR) is 51.4 cm³/mol. The molecule has 0 saturated carbocycles. The average molecular weight is 173 g/mol. The van der Waals surface area contributed by atoms with Gasteiger partial charge in [0, 0.05) is 18.0 Å².